The highest BCUT2D eigenvalue weighted by atomic mass is 32.2. The van der Waals surface area contributed by atoms with Crippen molar-refractivity contribution in [1.82, 2.24) is 4.40 Å². The van der Waals surface area contributed by atoms with Gasteiger partial charge in [0.1, 0.15) is 0 Å². The number of alkyl halides is 3. The highest BCUT2D eigenvalue weighted by molar-refractivity contribution is 8.00. The molecule has 2 heterocycles. The molecule has 0 saturated carbocycles. The molecule has 0 aliphatic rings. The lowest BCUT2D eigenvalue weighted by atomic mass is 10.2. The summed E-state index contributed by atoms with van der Waals surface area (Å²) in [5.74, 6) is -0.660. The van der Waals surface area contributed by atoms with Crippen LogP contribution in [0.25, 0.3) is 5.52 Å². The van der Waals surface area contributed by atoms with Gasteiger partial charge in [0.2, 0.25) is 0 Å². The first-order valence-corrected chi connectivity index (χ1v) is 5.68. The van der Waals surface area contributed by atoms with Gasteiger partial charge in [0.05, 0.1) is 23.2 Å². The van der Waals surface area contributed by atoms with Gasteiger partial charge in [0.25, 0.3) is 0 Å². The lowest BCUT2D eigenvalue weighted by Crippen LogP contribution is -2.00. The molecule has 0 unspecified atom stereocenters. The van der Waals surface area contributed by atoms with Gasteiger partial charge in [0, 0.05) is 18.0 Å². The fraction of sp³-hybridized carbons (Fsp3) is 0.182. The second kappa shape index (κ2) is 4.56. The van der Waals surface area contributed by atoms with Crippen LogP contribution in [0.5, 0.6) is 0 Å². The minimum Gasteiger partial charge on any atom is -0.465 e. The fourth-order valence-corrected chi connectivity index (χ4v) is 2.26. The third kappa shape index (κ3) is 2.45. The summed E-state index contributed by atoms with van der Waals surface area (Å²) in [5.41, 5.74) is -3.90. The monoisotopic (exact) mass is 275 g/mol. The van der Waals surface area contributed by atoms with Crippen LogP contribution in [0.2, 0.25) is 0 Å². The van der Waals surface area contributed by atoms with Crippen LogP contribution in [-0.2, 0) is 4.74 Å². The molecule has 2 aromatic heterocycles. The SMILES string of the molecule is COC(=O)c1cc(SC(F)(F)F)n2ccccc12. The summed E-state index contributed by atoms with van der Waals surface area (Å²) < 4.78 is 43.0. The molecule has 0 spiro atoms. The van der Waals surface area contributed by atoms with Gasteiger partial charge >= 0.3 is 11.5 Å². The Kier molecular flexibility index (Phi) is 3.25. The normalized spacial score (nSPS) is 11.8. The number of carbonyl (C=O) groups is 1. The minimum absolute atomic E-state index is 0.0708. The predicted octanol–water partition coefficient (Wildman–Crippen LogP) is 3.34. The molecule has 18 heavy (non-hydrogen) atoms. The van der Waals surface area contributed by atoms with E-state index in [1.165, 1.54) is 23.8 Å². The Labute approximate surface area is 105 Å². The summed E-state index contributed by atoms with van der Waals surface area (Å²) in [7, 11) is 1.19. The first-order chi connectivity index (χ1) is 8.42. The summed E-state index contributed by atoms with van der Waals surface area (Å²) in [4.78, 5) is 11.5. The number of pyridine rings is 1. The summed E-state index contributed by atoms with van der Waals surface area (Å²) in [5, 5.41) is -0.0708. The number of halogens is 3. The second-order valence-electron chi connectivity index (χ2n) is 3.39. The Bertz CT molecular complexity index is 591. The number of ether oxygens (including phenoxy) is 1. The number of nitrogens with zero attached hydrogens (tertiary/aromatic N) is 1. The van der Waals surface area contributed by atoms with Crippen molar-refractivity contribution in [2.45, 2.75) is 10.5 Å². The topological polar surface area (TPSA) is 30.7 Å². The smallest absolute Gasteiger partial charge is 0.447 e. The zero-order chi connectivity index (χ0) is 13.3. The second-order valence-corrected chi connectivity index (χ2v) is 4.48. The Balaban J connectivity index is 2.58. The molecule has 0 amide bonds. The number of fused-ring (bicyclic) bond motifs is 1. The maximum absolute atomic E-state index is 12.4. The molecule has 0 bridgehead atoms. The summed E-state index contributed by atoms with van der Waals surface area (Å²) in [6.07, 6.45) is 1.47. The predicted molar refractivity (Wildman–Crippen MR) is 60.6 cm³/mol. The van der Waals surface area contributed by atoms with Crippen LogP contribution in [0.3, 0.4) is 0 Å². The van der Waals surface area contributed by atoms with E-state index in [0.29, 0.717) is 5.52 Å². The van der Waals surface area contributed by atoms with E-state index in [9.17, 15) is 18.0 Å². The van der Waals surface area contributed by atoms with Crippen LogP contribution in [0, 0.1) is 0 Å². The molecule has 0 radical (unpaired) electrons. The zero-order valence-corrected chi connectivity index (χ0v) is 10.0. The molecule has 0 atom stereocenters. The highest BCUT2D eigenvalue weighted by Crippen LogP contribution is 2.38. The van der Waals surface area contributed by atoms with E-state index in [-0.39, 0.29) is 22.4 Å². The molecule has 0 fully saturated rings. The van der Waals surface area contributed by atoms with Gasteiger partial charge in [-0.3, -0.25) is 0 Å². The van der Waals surface area contributed by atoms with Crippen molar-refractivity contribution in [3.05, 3.63) is 36.0 Å². The van der Waals surface area contributed by atoms with Gasteiger partial charge in [-0.05, 0) is 18.2 Å². The third-order valence-electron chi connectivity index (χ3n) is 2.27. The average Bonchev–Trinajstić information content (AvgIpc) is 2.65. The maximum atomic E-state index is 12.4. The fourth-order valence-electron chi connectivity index (χ4n) is 1.59. The van der Waals surface area contributed by atoms with Gasteiger partial charge in [-0.25, -0.2) is 4.79 Å². The van der Waals surface area contributed by atoms with Crippen molar-refractivity contribution in [2.24, 2.45) is 0 Å². The number of aromatic nitrogens is 1. The van der Waals surface area contributed by atoms with Crippen LogP contribution in [0.1, 0.15) is 10.4 Å². The van der Waals surface area contributed by atoms with Crippen molar-refractivity contribution in [1.29, 1.82) is 0 Å². The van der Waals surface area contributed by atoms with Gasteiger partial charge in [-0.2, -0.15) is 13.2 Å². The number of carbonyl (C=O) groups excluding carboxylic acids is 1. The van der Waals surface area contributed by atoms with E-state index >= 15 is 0 Å². The molecule has 0 saturated heterocycles. The summed E-state index contributed by atoms with van der Waals surface area (Å²) in [6, 6.07) is 5.98. The van der Waals surface area contributed by atoms with E-state index < -0.39 is 11.5 Å². The first-order valence-electron chi connectivity index (χ1n) is 4.86. The molecule has 2 aromatic rings. The van der Waals surface area contributed by atoms with Crippen LogP contribution < -0.4 is 0 Å². The maximum Gasteiger partial charge on any atom is 0.447 e. The molecule has 0 aliphatic heterocycles. The third-order valence-corrected chi connectivity index (χ3v) is 3.02. The highest BCUT2D eigenvalue weighted by Gasteiger charge is 2.31. The summed E-state index contributed by atoms with van der Waals surface area (Å²) in [6.45, 7) is 0. The number of hydrogen-bond acceptors (Lipinski definition) is 3. The molecule has 2 rings (SSSR count). The summed E-state index contributed by atoms with van der Waals surface area (Å²) >= 11 is -0.266. The molecule has 96 valence electrons. The van der Waals surface area contributed by atoms with Gasteiger partial charge in [-0.1, -0.05) is 6.07 Å². The van der Waals surface area contributed by atoms with E-state index in [1.807, 2.05) is 0 Å². The van der Waals surface area contributed by atoms with Gasteiger partial charge in [0.15, 0.2) is 0 Å². The van der Waals surface area contributed by atoms with Gasteiger partial charge in [-0.15, -0.1) is 0 Å². The zero-order valence-electron chi connectivity index (χ0n) is 9.19. The molecular formula is C11H8F3NO2S. The van der Waals surface area contributed by atoms with E-state index in [0.717, 1.165) is 0 Å². The molecule has 3 nitrogen and oxygen atoms in total. The van der Waals surface area contributed by atoms with Crippen molar-refractivity contribution in [3.63, 3.8) is 0 Å². The van der Waals surface area contributed by atoms with E-state index in [4.69, 9.17) is 0 Å². The number of rotatable bonds is 2. The Morgan fingerprint density at radius 3 is 2.72 bits per heavy atom. The van der Waals surface area contributed by atoms with Gasteiger partial charge < -0.3 is 9.14 Å². The van der Waals surface area contributed by atoms with E-state index in [1.54, 1.807) is 18.2 Å². The Hall–Kier alpha value is -1.63. The Morgan fingerprint density at radius 2 is 2.11 bits per heavy atom. The molecule has 7 heteroatoms. The molecule has 0 N–H and O–H groups in total. The van der Waals surface area contributed by atoms with E-state index in [2.05, 4.69) is 4.74 Å². The lowest BCUT2D eigenvalue weighted by Gasteiger charge is -2.05. The first kappa shape index (κ1) is 12.8. The van der Waals surface area contributed by atoms with Crippen molar-refractivity contribution in [3.8, 4) is 0 Å². The van der Waals surface area contributed by atoms with Crippen molar-refractivity contribution in [2.75, 3.05) is 7.11 Å². The standard InChI is InChI=1S/C11H8F3NO2S/c1-17-10(16)7-6-9(18-11(12,13)14)15-5-3-2-4-8(7)15/h2-6H,1H3. The molecular weight excluding hydrogens is 267 g/mol. The minimum atomic E-state index is -4.41. The largest absolute Gasteiger partial charge is 0.465 e. The Morgan fingerprint density at radius 1 is 1.39 bits per heavy atom. The van der Waals surface area contributed by atoms with Crippen molar-refractivity contribution >= 4 is 23.2 Å². The average molecular weight is 275 g/mol. The van der Waals surface area contributed by atoms with Crippen LogP contribution >= 0.6 is 11.8 Å². The number of methoxy groups -OCH3 is 1. The quantitative estimate of drug-likeness (QED) is 0.622. The molecule has 0 aliphatic carbocycles. The van der Waals surface area contributed by atoms with Crippen molar-refractivity contribution < 1.29 is 22.7 Å². The number of esters is 1. The molecule has 0 aromatic carbocycles. The number of hydrogen-bond donors (Lipinski definition) is 0. The van der Waals surface area contributed by atoms with Crippen LogP contribution in [0.4, 0.5) is 13.2 Å². The lowest BCUT2D eigenvalue weighted by molar-refractivity contribution is -0.0329. The van der Waals surface area contributed by atoms with Crippen LogP contribution in [-0.4, -0.2) is 23.0 Å². The van der Waals surface area contributed by atoms with Crippen LogP contribution in [0.15, 0.2) is 35.5 Å². The number of thioether (sulfide) groups is 1.